The van der Waals surface area contributed by atoms with Crippen molar-refractivity contribution in [1.82, 2.24) is 9.97 Å². The number of nitrogens with zero attached hydrogens (tertiary/aromatic N) is 2. The van der Waals surface area contributed by atoms with E-state index in [0.29, 0.717) is 19.0 Å². The first-order chi connectivity index (χ1) is 5.86. The van der Waals surface area contributed by atoms with E-state index in [1.807, 2.05) is 6.08 Å². The molecule has 0 atom stereocenters. The summed E-state index contributed by atoms with van der Waals surface area (Å²) in [4.78, 5) is 7.89. The molecule has 4 nitrogen and oxygen atoms in total. The molecule has 62 valence electrons. The van der Waals surface area contributed by atoms with E-state index in [9.17, 15) is 0 Å². The molecule has 0 fully saturated rings. The maximum Gasteiger partial charge on any atom is 0.127 e. The number of hydrogen-bond donors (Lipinski definition) is 1. The van der Waals surface area contributed by atoms with Gasteiger partial charge in [0.1, 0.15) is 12.1 Å². The minimum atomic E-state index is 0.493. The van der Waals surface area contributed by atoms with Crippen LogP contribution in [0.4, 0.5) is 5.82 Å². The third kappa shape index (κ3) is 1.29. The van der Waals surface area contributed by atoms with E-state index in [2.05, 4.69) is 9.97 Å². The van der Waals surface area contributed by atoms with E-state index >= 15 is 0 Å². The first kappa shape index (κ1) is 7.24. The Labute approximate surface area is 70.1 Å². The average molecular weight is 163 g/mol. The largest absolute Gasteiger partial charge is 0.384 e. The number of nitrogens with two attached hydrogens (primary N) is 1. The van der Waals surface area contributed by atoms with Crippen LogP contribution in [-0.2, 0) is 4.74 Å². The van der Waals surface area contributed by atoms with Crippen molar-refractivity contribution in [2.75, 3.05) is 18.9 Å². The van der Waals surface area contributed by atoms with Gasteiger partial charge < -0.3 is 10.5 Å². The molecule has 0 amide bonds. The second-order valence-electron chi connectivity index (χ2n) is 2.57. The number of nitrogen functional groups attached to an aromatic ring is 1. The fourth-order valence-electron chi connectivity index (χ4n) is 1.11. The summed E-state index contributed by atoms with van der Waals surface area (Å²) < 4.78 is 5.16. The van der Waals surface area contributed by atoms with Gasteiger partial charge in [0, 0.05) is 11.6 Å². The molecule has 2 heterocycles. The number of rotatable bonds is 1. The minimum Gasteiger partial charge on any atom is -0.384 e. The van der Waals surface area contributed by atoms with Crippen molar-refractivity contribution in [3.8, 4) is 0 Å². The Hall–Kier alpha value is -1.42. The highest BCUT2D eigenvalue weighted by molar-refractivity contribution is 5.66. The van der Waals surface area contributed by atoms with Crippen LogP contribution in [-0.4, -0.2) is 23.2 Å². The highest BCUT2D eigenvalue weighted by atomic mass is 16.5. The molecule has 0 aliphatic carbocycles. The molecule has 0 saturated carbocycles. The summed E-state index contributed by atoms with van der Waals surface area (Å²) in [6.45, 7) is 1.29. The van der Waals surface area contributed by atoms with Gasteiger partial charge in [-0.25, -0.2) is 9.97 Å². The molecule has 0 radical (unpaired) electrons. The van der Waals surface area contributed by atoms with E-state index in [1.54, 1.807) is 6.07 Å². The van der Waals surface area contributed by atoms with Gasteiger partial charge in [-0.05, 0) is 0 Å². The standard InChI is InChI=1S/C8H9N3O/c9-8-3-7(10-5-11-8)6-1-2-12-4-6/h1,3,5H,2,4H2,(H2,9,10,11). The van der Waals surface area contributed by atoms with Gasteiger partial charge in [-0.1, -0.05) is 6.08 Å². The third-order valence-electron chi connectivity index (χ3n) is 1.72. The van der Waals surface area contributed by atoms with Crippen molar-refractivity contribution in [1.29, 1.82) is 0 Å². The molecule has 12 heavy (non-hydrogen) atoms. The van der Waals surface area contributed by atoms with Gasteiger partial charge >= 0.3 is 0 Å². The third-order valence-corrected chi connectivity index (χ3v) is 1.72. The molecule has 0 unspecified atom stereocenters. The zero-order valence-electron chi connectivity index (χ0n) is 6.53. The van der Waals surface area contributed by atoms with Gasteiger partial charge in [0.15, 0.2) is 0 Å². The molecule has 2 rings (SSSR count). The second-order valence-corrected chi connectivity index (χ2v) is 2.57. The molecule has 1 aromatic heterocycles. The van der Waals surface area contributed by atoms with E-state index in [-0.39, 0.29) is 0 Å². The van der Waals surface area contributed by atoms with Crippen molar-refractivity contribution in [3.05, 3.63) is 24.2 Å². The van der Waals surface area contributed by atoms with Crippen LogP contribution in [0.1, 0.15) is 5.69 Å². The molecule has 4 heteroatoms. The van der Waals surface area contributed by atoms with Crippen LogP contribution in [0.5, 0.6) is 0 Å². The van der Waals surface area contributed by atoms with Crippen molar-refractivity contribution >= 4 is 11.4 Å². The van der Waals surface area contributed by atoms with Crippen LogP contribution in [0, 0.1) is 0 Å². The average Bonchev–Trinajstić information content (AvgIpc) is 2.56. The van der Waals surface area contributed by atoms with Gasteiger partial charge in [0.05, 0.1) is 18.9 Å². The van der Waals surface area contributed by atoms with Crippen molar-refractivity contribution in [2.45, 2.75) is 0 Å². The summed E-state index contributed by atoms with van der Waals surface area (Å²) in [6, 6.07) is 1.75. The van der Waals surface area contributed by atoms with Crippen LogP contribution in [0.25, 0.3) is 5.57 Å². The first-order valence-electron chi connectivity index (χ1n) is 3.71. The lowest BCUT2D eigenvalue weighted by Crippen LogP contribution is -1.96. The zero-order chi connectivity index (χ0) is 8.39. The summed E-state index contributed by atoms with van der Waals surface area (Å²) in [6.07, 6.45) is 3.46. The van der Waals surface area contributed by atoms with Crippen LogP contribution >= 0.6 is 0 Å². The minimum absolute atomic E-state index is 0.493. The first-order valence-corrected chi connectivity index (χ1v) is 3.71. The fourth-order valence-corrected chi connectivity index (χ4v) is 1.11. The van der Waals surface area contributed by atoms with Crippen LogP contribution in [0.2, 0.25) is 0 Å². The number of anilines is 1. The summed E-state index contributed by atoms with van der Waals surface area (Å²) in [7, 11) is 0. The molecule has 1 aliphatic rings. The molecule has 1 aromatic rings. The molecular weight excluding hydrogens is 154 g/mol. The predicted molar refractivity (Wildman–Crippen MR) is 45.2 cm³/mol. The number of ether oxygens (including phenoxy) is 1. The fraction of sp³-hybridized carbons (Fsp3) is 0.250. The van der Waals surface area contributed by atoms with E-state index < -0.39 is 0 Å². The Morgan fingerprint density at radius 3 is 3.00 bits per heavy atom. The maximum absolute atomic E-state index is 5.51. The predicted octanol–water partition coefficient (Wildman–Crippen LogP) is 0.472. The summed E-state index contributed by atoms with van der Waals surface area (Å²) in [5, 5.41) is 0. The second kappa shape index (κ2) is 2.91. The molecule has 0 bridgehead atoms. The van der Waals surface area contributed by atoms with Crippen LogP contribution in [0.3, 0.4) is 0 Å². The zero-order valence-corrected chi connectivity index (χ0v) is 6.53. The lowest BCUT2D eigenvalue weighted by Gasteiger charge is -1.99. The quantitative estimate of drug-likeness (QED) is 0.653. The molecule has 1 aliphatic heterocycles. The molecule has 2 N–H and O–H groups in total. The Morgan fingerprint density at radius 2 is 2.33 bits per heavy atom. The van der Waals surface area contributed by atoms with Crippen LogP contribution in [0.15, 0.2) is 18.5 Å². The van der Waals surface area contributed by atoms with Gasteiger partial charge in [0.25, 0.3) is 0 Å². The van der Waals surface area contributed by atoms with Crippen LogP contribution < -0.4 is 5.73 Å². The maximum atomic E-state index is 5.51. The lowest BCUT2D eigenvalue weighted by molar-refractivity contribution is 0.216. The van der Waals surface area contributed by atoms with E-state index in [4.69, 9.17) is 10.5 Å². The summed E-state index contributed by atoms with van der Waals surface area (Å²) >= 11 is 0. The lowest BCUT2D eigenvalue weighted by atomic mass is 10.2. The molecule has 0 spiro atoms. The van der Waals surface area contributed by atoms with Crippen molar-refractivity contribution in [3.63, 3.8) is 0 Å². The van der Waals surface area contributed by atoms with Gasteiger partial charge in [-0.15, -0.1) is 0 Å². The van der Waals surface area contributed by atoms with Crippen molar-refractivity contribution < 1.29 is 4.74 Å². The van der Waals surface area contributed by atoms with Gasteiger partial charge in [0.2, 0.25) is 0 Å². The summed E-state index contributed by atoms with van der Waals surface area (Å²) in [5.41, 5.74) is 7.46. The smallest absolute Gasteiger partial charge is 0.127 e. The van der Waals surface area contributed by atoms with E-state index in [0.717, 1.165) is 11.3 Å². The highest BCUT2D eigenvalue weighted by Crippen LogP contribution is 2.16. The van der Waals surface area contributed by atoms with Crippen molar-refractivity contribution in [2.24, 2.45) is 0 Å². The SMILES string of the molecule is Nc1cc(C2=CCOC2)ncn1. The number of aromatic nitrogens is 2. The number of hydrogen-bond acceptors (Lipinski definition) is 4. The highest BCUT2D eigenvalue weighted by Gasteiger charge is 2.08. The Bertz CT molecular complexity index is 322. The summed E-state index contributed by atoms with van der Waals surface area (Å²) in [5.74, 6) is 0.493. The Kier molecular flexibility index (Phi) is 1.75. The normalized spacial score (nSPS) is 16.2. The topological polar surface area (TPSA) is 61.0 Å². The van der Waals surface area contributed by atoms with E-state index in [1.165, 1.54) is 6.33 Å². The van der Waals surface area contributed by atoms with Gasteiger partial charge in [-0.3, -0.25) is 0 Å². The Balaban J connectivity index is 2.33. The Morgan fingerprint density at radius 1 is 1.42 bits per heavy atom. The molecular formula is C8H9N3O. The molecule has 0 aromatic carbocycles. The monoisotopic (exact) mass is 163 g/mol. The molecule has 0 saturated heterocycles. The van der Waals surface area contributed by atoms with Gasteiger partial charge in [-0.2, -0.15) is 0 Å².